The Kier molecular flexibility index (Phi) is 5.04. The second-order valence-electron chi connectivity index (χ2n) is 7.61. The molecule has 4 aromatic carbocycles. The van der Waals surface area contributed by atoms with Crippen molar-refractivity contribution in [2.24, 2.45) is 0 Å². The number of benzene rings is 4. The van der Waals surface area contributed by atoms with E-state index in [1.54, 1.807) is 0 Å². The summed E-state index contributed by atoms with van der Waals surface area (Å²) in [4.78, 5) is 14.6. The highest BCUT2D eigenvalue weighted by Crippen LogP contribution is 2.36. The van der Waals surface area contributed by atoms with Gasteiger partial charge in [-0.1, -0.05) is 92.5 Å². The van der Waals surface area contributed by atoms with Crippen LogP contribution in [0, 0.1) is 0 Å². The van der Waals surface area contributed by atoms with Crippen LogP contribution in [-0.4, -0.2) is 15.0 Å². The van der Waals surface area contributed by atoms with E-state index in [-0.39, 0.29) is 0 Å². The molecule has 0 radical (unpaired) electrons. The third-order valence-corrected chi connectivity index (χ3v) is 6.35. The highest BCUT2D eigenvalue weighted by atomic mass is 79.9. The van der Waals surface area contributed by atoms with Crippen LogP contribution in [0.25, 0.3) is 56.1 Å². The molecule has 6 rings (SSSR count). The van der Waals surface area contributed by atoms with Crippen LogP contribution in [0.4, 0.5) is 0 Å². The number of furan rings is 1. The second kappa shape index (κ2) is 8.21. The smallest absolute Gasteiger partial charge is 0.164 e. The van der Waals surface area contributed by atoms with E-state index in [1.165, 1.54) is 0 Å². The fourth-order valence-corrected chi connectivity index (χ4v) is 5.28. The van der Waals surface area contributed by atoms with Crippen molar-refractivity contribution in [1.82, 2.24) is 15.0 Å². The lowest BCUT2D eigenvalue weighted by atomic mass is 10.1. The van der Waals surface area contributed by atoms with Crippen LogP contribution in [0.5, 0.6) is 0 Å². The van der Waals surface area contributed by atoms with Crippen molar-refractivity contribution >= 4 is 53.8 Å². The van der Waals surface area contributed by atoms with Crippen LogP contribution >= 0.6 is 31.9 Å². The number of para-hydroxylation sites is 1. The van der Waals surface area contributed by atoms with E-state index in [0.29, 0.717) is 17.5 Å². The van der Waals surface area contributed by atoms with Gasteiger partial charge in [0.2, 0.25) is 0 Å². The maximum Gasteiger partial charge on any atom is 0.164 e. The van der Waals surface area contributed by atoms with Crippen LogP contribution in [0.15, 0.2) is 104 Å². The van der Waals surface area contributed by atoms with Crippen LogP contribution < -0.4 is 0 Å². The van der Waals surface area contributed by atoms with Crippen LogP contribution in [0.1, 0.15) is 0 Å². The summed E-state index contributed by atoms with van der Waals surface area (Å²) in [6, 6.07) is 30.0. The van der Waals surface area contributed by atoms with Gasteiger partial charge in [0.1, 0.15) is 11.2 Å². The average Bonchev–Trinajstić information content (AvgIpc) is 3.22. The Labute approximate surface area is 206 Å². The molecule has 0 aliphatic rings. The number of hydrogen-bond acceptors (Lipinski definition) is 4. The fourth-order valence-electron chi connectivity index (χ4n) is 3.99. The van der Waals surface area contributed by atoms with Gasteiger partial charge in [-0.3, -0.25) is 0 Å². The lowest BCUT2D eigenvalue weighted by Gasteiger charge is -2.10. The zero-order valence-corrected chi connectivity index (χ0v) is 20.3. The van der Waals surface area contributed by atoms with Crippen molar-refractivity contribution in [2.45, 2.75) is 0 Å². The Bertz CT molecular complexity index is 1620. The van der Waals surface area contributed by atoms with Gasteiger partial charge < -0.3 is 4.42 Å². The van der Waals surface area contributed by atoms with Crippen LogP contribution in [0.2, 0.25) is 0 Å². The summed E-state index contributed by atoms with van der Waals surface area (Å²) in [5.41, 5.74) is 4.38. The molecule has 0 unspecified atom stereocenters. The van der Waals surface area contributed by atoms with E-state index >= 15 is 0 Å². The zero-order valence-electron chi connectivity index (χ0n) is 17.2. The third kappa shape index (κ3) is 3.75. The van der Waals surface area contributed by atoms with E-state index in [9.17, 15) is 0 Å². The summed E-state index contributed by atoms with van der Waals surface area (Å²) < 4.78 is 7.98. The van der Waals surface area contributed by atoms with Gasteiger partial charge in [0.15, 0.2) is 17.5 Å². The molecule has 6 heteroatoms. The highest BCUT2D eigenvalue weighted by molar-refractivity contribution is 9.11. The Morgan fingerprint density at radius 3 is 1.97 bits per heavy atom. The van der Waals surface area contributed by atoms with Gasteiger partial charge in [0.05, 0.1) is 0 Å². The molecule has 0 spiro atoms. The number of fused-ring (bicyclic) bond motifs is 3. The number of halogens is 2. The molecule has 6 aromatic rings. The molecule has 0 saturated carbocycles. The van der Waals surface area contributed by atoms with Gasteiger partial charge in [0, 0.05) is 36.4 Å². The Morgan fingerprint density at radius 1 is 0.545 bits per heavy atom. The second-order valence-corrected chi connectivity index (χ2v) is 9.44. The first-order chi connectivity index (χ1) is 16.2. The minimum Gasteiger partial charge on any atom is -0.456 e. The van der Waals surface area contributed by atoms with E-state index in [0.717, 1.165) is 47.6 Å². The molecule has 0 aliphatic heterocycles. The molecule has 2 aromatic heterocycles. The molecule has 2 heterocycles. The van der Waals surface area contributed by atoms with E-state index < -0.39 is 0 Å². The van der Waals surface area contributed by atoms with Gasteiger partial charge in [-0.05, 0) is 30.3 Å². The molecule has 0 fully saturated rings. The average molecular weight is 557 g/mol. The number of rotatable bonds is 3. The first-order valence-corrected chi connectivity index (χ1v) is 11.9. The van der Waals surface area contributed by atoms with Crippen molar-refractivity contribution in [3.8, 4) is 34.2 Å². The maximum atomic E-state index is 6.09. The van der Waals surface area contributed by atoms with Gasteiger partial charge in [-0.15, -0.1) is 0 Å². The predicted molar refractivity (Wildman–Crippen MR) is 139 cm³/mol. The molecule has 0 aliphatic carbocycles. The van der Waals surface area contributed by atoms with Gasteiger partial charge >= 0.3 is 0 Å². The molecule has 33 heavy (non-hydrogen) atoms. The molecule has 0 atom stereocenters. The lowest BCUT2D eigenvalue weighted by molar-refractivity contribution is 0.669. The standard InChI is InChI=1S/C27H15Br2N3O/c28-18-13-17(14-19(29)15-18)26-30-25(16-7-2-1-3-8-16)31-27(32-26)21-10-6-12-23-24(21)20-9-4-5-11-22(20)33-23/h1-15H. The summed E-state index contributed by atoms with van der Waals surface area (Å²) >= 11 is 7.16. The van der Waals surface area contributed by atoms with Gasteiger partial charge in [-0.25, -0.2) is 15.0 Å². The Balaban J connectivity index is 1.66. The highest BCUT2D eigenvalue weighted by Gasteiger charge is 2.17. The van der Waals surface area contributed by atoms with Gasteiger partial charge in [-0.2, -0.15) is 0 Å². The monoisotopic (exact) mass is 555 g/mol. The largest absolute Gasteiger partial charge is 0.456 e. The van der Waals surface area contributed by atoms with E-state index in [4.69, 9.17) is 19.4 Å². The van der Waals surface area contributed by atoms with E-state index in [2.05, 4.69) is 37.9 Å². The minimum atomic E-state index is 0.602. The predicted octanol–water partition coefficient (Wildman–Crippen LogP) is 8.30. The van der Waals surface area contributed by atoms with Crippen molar-refractivity contribution < 1.29 is 4.42 Å². The van der Waals surface area contributed by atoms with Crippen molar-refractivity contribution in [1.29, 1.82) is 0 Å². The summed E-state index contributed by atoms with van der Waals surface area (Å²) in [6.07, 6.45) is 0. The number of nitrogens with zero attached hydrogens (tertiary/aromatic N) is 3. The fraction of sp³-hybridized carbons (Fsp3) is 0. The molecule has 158 valence electrons. The molecular formula is C27H15Br2N3O. The maximum absolute atomic E-state index is 6.09. The molecule has 0 N–H and O–H groups in total. The molecular weight excluding hydrogens is 542 g/mol. The summed E-state index contributed by atoms with van der Waals surface area (Å²) in [7, 11) is 0. The van der Waals surface area contributed by atoms with Crippen molar-refractivity contribution in [3.05, 3.63) is 99.9 Å². The van der Waals surface area contributed by atoms with Crippen molar-refractivity contribution in [3.63, 3.8) is 0 Å². The van der Waals surface area contributed by atoms with Crippen molar-refractivity contribution in [2.75, 3.05) is 0 Å². The topological polar surface area (TPSA) is 51.8 Å². The number of aromatic nitrogens is 3. The van der Waals surface area contributed by atoms with Gasteiger partial charge in [0.25, 0.3) is 0 Å². The SMILES string of the molecule is Brc1cc(Br)cc(-c2nc(-c3ccccc3)nc(-c3cccc4oc5ccccc5c34)n2)c1. The minimum absolute atomic E-state index is 0.602. The Hall–Kier alpha value is -3.35. The summed E-state index contributed by atoms with van der Waals surface area (Å²) in [6.45, 7) is 0. The number of hydrogen-bond donors (Lipinski definition) is 0. The first kappa shape index (κ1) is 20.3. The van der Waals surface area contributed by atoms with Crippen LogP contribution in [0.3, 0.4) is 0 Å². The molecule has 4 nitrogen and oxygen atoms in total. The first-order valence-electron chi connectivity index (χ1n) is 10.3. The normalized spacial score (nSPS) is 11.3. The summed E-state index contributed by atoms with van der Waals surface area (Å²) in [5, 5.41) is 2.04. The molecule has 0 bridgehead atoms. The summed E-state index contributed by atoms with van der Waals surface area (Å²) in [5.74, 6) is 1.83. The molecule has 0 amide bonds. The van der Waals surface area contributed by atoms with Crippen LogP contribution in [-0.2, 0) is 0 Å². The molecule has 0 saturated heterocycles. The zero-order chi connectivity index (χ0) is 22.4. The van der Waals surface area contributed by atoms with E-state index in [1.807, 2.05) is 84.9 Å². The third-order valence-electron chi connectivity index (χ3n) is 5.43. The Morgan fingerprint density at radius 2 is 1.18 bits per heavy atom. The lowest BCUT2D eigenvalue weighted by Crippen LogP contribution is -2.00. The quantitative estimate of drug-likeness (QED) is 0.220.